The minimum Gasteiger partial charge on any atom is -0.444 e. The summed E-state index contributed by atoms with van der Waals surface area (Å²) < 4.78 is 19.6. The van der Waals surface area contributed by atoms with Crippen molar-refractivity contribution in [2.24, 2.45) is 0 Å². The highest BCUT2D eigenvalue weighted by Gasteiger charge is 2.48. The smallest absolute Gasteiger partial charge is 0.410 e. The molecule has 0 saturated carbocycles. The van der Waals surface area contributed by atoms with Gasteiger partial charge in [-0.25, -0.2) is 9.18 Å². The van der Waals surface area contributed by atoms with Crippen LogP contribution in [0.5, 0.6) is 0 Å². The van der Waals surface area contributed by atoms with Gasteiger partial charge in [0, 0.05) is 18.5 Å². The number of nitrogens with zero attached hydrogens (tertiary/aromatic N) is 1. The van der Waals surface area contributed by atoms with E-state index < -0.39 is 11.2 Å². The van der Waals surface area contributed by atoms with Crippen molar-refractivity contribution in [3.8, 4) is 0 Å². The number of carbonyl (C=O) groups excluding carboxylic acids is 1. The van der Waals surface area contributed by atoms with Crippen LogP contribution in [0.4, 0.5) is 9.18 Å². The van der Waals surface area contributed by atoms with Crippen molar-refractivity contribution in [1.82, 2.24) is 4.90 Å². The van der Waals surface area contributed by atoms with Crippen molar-refractivity contribution >= 4 is 6.09 Å². The van der Waals surface area contributed by atoms with Crippen LogP contribution in [0.15, 0.2) is 24.3 Å². The molecule has 2 atom stereocenters. The molecule has 0 aliphatic carbocycles. The number of benzene rings is 1. The monoisotopic (exact) mass is 349 g/mol. The zero-order chi connectivity index (χ0) is 18.2. The summed E-state index contributed by atoms with van der Waals surface area (Å²) in [6.07, 6.45) is 3.69. The van der Waals surface area contributed by atoms with Crippen LogP contribution in [-0.2, 0) is 11.2 Å². The summed E-state index contributed by atoms with van der Waals surface area (Å²) in [6, 6.07) is 6.51. The van der Waals surface area contributed by atoms with Gasteiger partial charge in [-0.2, -0.15) is 0 Å². The molecule has 2 unspecified atom stereocenters. The van der Waals surface area contributed by atoms with E-state index >= 15 is 0 Å². The fourth-order valence-electron chi connectivity index (χ4n) is 4.28. The Bertz CT molecular complexity index is 626. The lowest BCUT2D eigenvalue weighted by Crippen LogP contribution is -2.61. The van der Waals surface area contributed by atoms with Crippen LogP contribution in [0.2, 0.25) is 0 Å². The van der Waals surface area contributed by atoms with Gasteiger partial charge in [-0.05, 0) is 64.5 Å². The number of fused-ring (bicyclic) bond motifs is 2. The SMILES string of the molecule is CC(C)(C)OC(=O)N1C2CCCC1CC(O)(Cc1ccccc1F)C2. The number of aliphatic hydroxyl groups is 1. The molecule has 1 N–H and O–H groups in total. The van der Waals surface area contributed by atoms with Crippen LogP contribution >= 0.6 is 0 Å². The van der Waals surface area contributed by atoms with Crippen molar-refractivity contribution in [1.29, 1.82) is 0 Å². The molecule has 2 fully saturated rings. The standard InChI is InChI=1S/C20H28FNO3/c1-19(2,3)25-18(23)22-15-8-6-9-16(22)13-20(24,12-15)11-14-7-4-5-10-17(14)21/h4-5,7,10,15-16,24H,6,8-9,11-13H2,1-3H3. The van der Waals surface area contributed by atoms with E-state index in [1.165, 1.54) is 6.07 Å². The zero-order valence-corrected chi connectivity index (χ0v) is 15.3. The lowest BCUT2D eigenvalue weighted by molar-refractivity contribution is -0.0922. The normalized spacial score (nSPS) is 29.4. The molecular formula is C20H28FNO3. The molecule has 2 aliphatic heterocycles. The predicted molar refractivity (Wildman–Crippen MR) is 93.8 cm³/mol. The summed E-state index contributed by atoms with van der Waals surface area (Å²) in [5, 5.41) is 11.1. The Morgan fingerprint density at radius 2 is 1.88 bits per heavy atom. The zero-order valence-electron chi connectivity index (χ0n) is 15.3. The summed E-state index contributed by atoms with van der Waals surface area (Å²) >= 11 is 0. The molecule has 2 aliphatic rings. The number of carbonyl (C=O) groups is 1. The second-order valence-electron chi connectivity index (χ2n) is 8.53. The van der Waals surface area contributed by atoms with Crippen molar-refractivity contribution in [2.45, 2.75) is 82.6 Å². The van der Waals surface area contributed by atoms with Crippen molar-refractivity contribution in [3.05, 3.63) is 35.6 Å². The molecular weight excluding hydrogens is 321 g/mol. The van der Waals surface area contributed by atoms with Gasteiger partial charge in [-0.3, -0.25) is 0 Å². The average Bonchev–Trinajstić information content (AvgIpc) is 2.46. The molecule has 25 heavy (non-hydrogen) atoms. The van der Waals surface area contributed by atoms with E-state index in [0.717, 1.165) is 19.3 Å². The Hall–Kier alpha value is -1.62. The molecule has 5 heteroatoms. The van der Waals surface area contributed by atoms with Gasteiger partial charge < -0.3 is 14.7 Å². The molecule has 138 valence electrons. The lowest BCUT2D eigenvalue weighted by atomic mass is 9.73. The predicted octanol–water partition coefficient (Wildman–Crippen LogP) is 4.05. The highest BCUT2D eigenvalue weighted by atomic mass is 19.1. The number of rotatable bonds is 2. The minimum atomic E-state index is -0.976. The van der Waals surface area contributed by atoms with Gasteiger partial charge >= 0.3 is 6.09 Å². The van der Waals surface area contributed by atoms with E-state index in [1.54, 1.807) is 18.2 Å². The summed E-state index contributed by atoms with van der Waals surface area (Å²) in [7, 11) is 0. The molecule has 0 aromatic heterocycles. The molecule has 4 nitrogen and oxygen atoms in total. The fraction of sp³-hybridized carbons (Fsp3) is 0.650. The lowest BCUT2D eigenvalue weighted by Gasteiger charge is -2.51. The van der Waals surface area contributed by atoms with Crippen molar-refractivity contribution in [3.63, 3.8) is 0 Å². The van der Waals surface area contributed by atoms with Gasteiger partial charge in [0.25, 0.3) is 0 Å². The molecule has 1 amide bonds. The van der Waals surface area contributed by atoms with Gasteiger partial charge in [-0.15, -0.1) is 0 Å². The van der Waals surface area contributed by atoms with Crippen LogP contribution in [0.25, 0.3) is 0 Å². The van der Waals surface area contributed by atoms with Crippen LogP contribution in [0, 0.1) is 5.82 Å². The van der Waals surface area contributed by atoms with Crippen molar-refractivity contribution in [2.75, 3.05) is 0 Å². The van der Waals surface area contributed by atoms with E-state index in [2.05, 4.69) is 0 Å². The number of halogens is 1. The third kappa shape index (κ3) is 4.14. The Balaban J connectivity index is 1.76. The molecule has 2 heterocycles. The molecule has 0 radical (unpaired) electrons. The van der Waals surface area contributed by atoms with E-state index in [0.29, 0.717) is 18.4 Å². The van der Waals surface area contributed by atoms with Gasteiger partial charge in [0.1, 0.15) is 11.4 Å². The summed E-state index contributed by atoms with van der Waals surface area (Å²) in [6.45, 7) is 5.58. The van der Waals surface area contributed by atoms with Gasteiger partial charge in [0.05, 0.1) is 5.60 Å². The number of amides is 1. The highest BCUT2D eigenvalue weighted by Crippen LogP contribution is 2.41. The van der Waals surface area contributed by atoms with E-state index in [1.807, 2.05) is 25.7 Å². The first kappa shape index (κ1) is 18.2. The Kier molecular flexibility index (Phi) is 4.80. The first-order chi connectivity index (χ1) is 11.7. The number of hydrogen-bond donors (Lipinski definition) is 1. The Morgan fingerprint density at radius 1 is 1.28 bits per heavy atom. The number of ether oxygens (including phenoxy) is 1. The largest absolute Gasteiger partial charge is 0.444 e. The highest BCUT2D eigenvalue weighted by molar-refractivity contribution is 5.69. The molecule has 1 aromatic carbocycles. The van der Waals surface area contributed by atoms with Gasteiger partial charge in [0.2, 0.25) is 0 Å². The van der Waals surface area contributed by atoms with Crippen LogP contribution in [-0.4, -0.2) is 39.4 Å². The maximum atomic E-state index is 14.0. The second-order valence-corrected chi connectivity index (χ2v) is 8.53. The maximum Gasteiger partial charge on any atom is 0.410 e. The number of hydrogen-bond acceptors (Lipinski definition) is 3. The van der Waals surface area contributed by atoms with E-state index in [-0.39, 0.29) is 30.4 Å². The van der Waals surface area contributed by atoms with Crippen LogP contribution < -0.4 is 0 Å². The summed E-state index contributed by atoms with van der Waals surface area (Å²) in [5.41, 5.74) is -0.975. The van der Waals surface area contributed by atoms with Crippen LogP contribution in [0.3, 0.4) is 0 Å². The first-order valence-corrected chi connectivity index (χ1v) is 9.14. The summed E-state index contributed by atoms with van der Waals surface area (Å²) in [5.74, 6) is -0.282. The van der Waals surface area contributed by atoms with Gasteiger partial charge in [-0.1, -0.05) is 18.2 Å². The molecule has 3 rings (SSSR count). The second kappa shape index (κ2) is 6.60. The third-order valence-electron chi connectivity index (χ3n) is 5.17. The fourth-order valence-corrected chi connectivity index (χ4v) is 4.28. The Labute approximate surface area is 149 Å². The van der Waals surface area contributed by atoms with Crippen LogP contribution in [0.1, 0.15) is 58.4 Å². The van der Waals surface area contributed by atoms with Gasteiger partial charge in [0.15, 0.2) is 0 Å². The quantitative estimate of drug-likeness (QED) is 0.876. The molecule has 0 spiro atoms. The van der Waals surface area contributed by atoms with E-state index in [9.17, 15) is 14.3 Å². The molecule has 2 saturated heterocycles. The average molecular weight is 349 g/mol. The Morgan fingerprint density at radius 3 is 2.44 bits per heavy atom. The topological polar surface area (TPSA) is 49.8 Å². The van der Waals surface area contributed by atoms with Crippen molar-refractivity contribution < 1.29 is 19.0 Å². The molecule has 2 bridgehead atoms. The molecule has 1 aromatic rings. The van der Waals surface area contributed by atoms with E-state index in [4.69, 9.17) is 4.74 Å². The number of piperidine rings is 2. The maximum absolute atomic E-state index is 14.0. The minimum absolute atomic E-state index is 0.0425. The third-order valence-corrected chi connectivity index (χ3v) is 5.17. The first-order valence-electron chi connectivity index (χ1n) is 9.14. The summed E-state index contributed by atoms with van der Waals surface area (Å²) in [4.78, 5) is 14.4.